The SMILES string of the molecule is CCCCCCCCCCCCCCCCOC[C@H](CO)OCc1ccc(OC)c(F)c1. The first kappa shape index (κ1) is 28.9. The summed E-state index contributed by atoms with van der Waals surface area (Å²) in [6.07, 6.45) is 18.3. The Morgan fingerprint density at radius 2 is 1.41 bits per heavy atom. The number of unbranched alkanes of at least 4 members (excludes halogenated alkanes) is 13. The Balaban J connectivity index is 1.91. The number of hydrogen-bond donors (Lipinski definition) is 1. The van der Waals surface area contributed by atoms with Crippen LogP contribution in [0.15, 0.2) is 18.2 Å². The largest absolute Gasteiger partial charge is 0.494 e. The molecule has 0 fully saturated rings. The van der Waals surface area contributed by atoms with Crippen molar-refractivity contribution in [1.29, 1.82) is 0 Å². The van der Waals surface area contributed by atoms with E-state index < -0.39 is 11.9 Å². The Morgan fingerprint density at radius 1 is 0.844 bits per heavy atom. The number of ether oxygens (including phenoxy) is 3. The summed E-state index contributed by atoms with van der Waals surface area (Å²) in [6, 6.07) is 4.72. The van der Waals surface area contributed by atoms with Gasteiger partial charge >= 0.3 is 0 Å². The Bertz CT molecular complexity index is 552. The van der Waals surface area contributed by atoms with Crippen molar-refractivity contribution >= 4 is 0 Å². The van der Waals surface area contributed by atoms with Crippen molar-refractivity contribution < 1.29 is 23.7 Å². The second-order valence-electron chi connectivity index (χ2n) is 8.76. The first-order chi connectivity index (χ1) is 15.7. The van der Waals surface area contributed by atoms with Gasteiger partial charge in [-0.1, -0.05) is 96.5 Å². The zero-order valence-electron chi connectivity index (χ0n) is 20.6. The van der Waals surface area contributed by atoms with Gasteiger partial charge in [0.1, 0.15) is 6.10 Å². The van der Waals surface area contributed by atoms with E-state index in [0.717, 1.165) is 6.42 Å². The van der Waals surface area contributed by atoms with Gasteiger partial charge in [-0.2, -0.15) is 0 Å². The molecule has 5 heteroatoms. The normalized spacial score (nSPS) is 12.2. The van der Waals surface area contributed by atoms with Crippen molar-refractivity contribution in [2.24, 2.45) is 0 Å². The van der Waals surface area contributed by atoms with Gasteiger partial charge in [0, 0.05) is 6.61 Å². The highest BCUT2D eigenvalue weighted by Gasteiger charge is 2.10. The second kappa shape index (κ2) is 20.4. The van der Waals surface area contributed by atoms with Crippen LogP contribution in [0.5, 0.6) is 5.75 Å². The van der Waals surface area contributed by atoms with Crippen LogP contribution in [0.25, 0.3) is 0 Å². The molecule has 1 aromatic carbocycles. The maximum atomic E-state index is 13.7. The summed E-state index contributed by atoms with van der Waals surface area (Å²) in [5.74, 6) is -0.202. The zero-order chi connectivity index (χ0) is 23.3. The minimum Gasteiger partial charge on any atom is -0.494 e. The molecule has 0 saturated carbocycles. The predicted molar refractivity (Wildman–Crippen MR) is 130 cm³/mol. The van der Waals surface area contributed by atoms with Crippen LogP contribution in [0, 0.1) is 5.82 Å². The number of rotatable bonds is 22. The summed E-state index contributed by atoms with van der Waals surface area (Å²) < 4.78 is 29.9. The minimum atomic E-state index is -0.414. The van der Waals surface area contributed by atoms with Crippen LogP contribution < -0.4 is 4.74 Å². The number of benzene rings is 1. The van der Waals surface area contributed by atoms with Gasteiger partial charge in [0.15, 0.2) is 11.6 Å². The Labute approximate surface area is 195 Å². The van der Waals surface area contributed by atoms with Gasteiger partial charge in [-0.05, 0) is 24.1 Å². The van der Waals surface area contributed by atoms with E-state index in [1.165, 1.54) is 96.6 Å². The first-order valence-electron chi connectivity index (χ1n) is 12.8. The van der Waals surface area contributed by atoms with Gasteiger partial charge in [-0.25, -0.2) is 4.39 Å². The molecular weight excluding hydrogens is 407 g/mol. The molecule has 0 unspecified atom stereocenters. The molecule has 0 bridgehead atoms. The van der Waals surface area contributed by atoms with E-state index in [-0.39, 0.29) is 19.0 Å². The Hall–Kier alpha value is -1.17. The molecule has 0 aliphatic heterocycles. The topological polar surface area (TPSA) is 47.9 Å². The van der Waals surface area contributed by atoms with Crippen molar-refractivity contribution in [2.45, 2.75) is 110 Å². The molecule has 0 aliphatic rings. The van der Waals surface area contributed by atoms with Gasteiger partial charge in [0.05, 0.1) is 26.9 Å². The molecule has 1 rings (SSSR count). The summed E-state index contributed by atoms with van der Waals surface area (Å²) in [4.78, 5) is 0. The third kappa shape index (κ3) is 14.8. The average molecular weight is 455 g/mol. The van der Waals surface area contributed by atoms with Crippen LogP contribution in [0.3, 0.4) is 0 Å². The fourth-order valence-corrected chi connectivity index (χ4v) is 3.78. The lowest BCUT2D eigenvalue weighted by molar-refractivity contribution is -0.0503. The van der Waals surface area contributed by atoms with Gasteiger partial charge in [-0.3, -0.25) is 0 Å². The van der Waals surface area contributed by atoms with E-state index in [9.17, 15) is 9.50 Å². The number of methoxy groups -OCH3 is 1. The lowest BCUT2D eigenvalue weighted by atomic mass is 10.0. The van der Waals surface area contributed by atoms with Gasteiger partial charge < -0.3 is 19.3 Å². The molecule has 0 radical (unpaired) electrons. The molecule has 1 atom stereocenters. The molecule has 1 N–H and O–H groups in total. The standard InChI is InChI=1S/C27H47FO4/c1-3-4-5-6-7-8-9-10-11-12-13-14-15-16-19-31-23-25(21-29)32-22-24-17-18-27(30-2)26(28)20-24/h17-18,20,25,29H,3-16,19,21-23H2,1-2H3/t25-/m0/s1. The molecule has 0 aromatic heterocycles. The highest BCUT2D eigenvalue weighted by Crippen LogP contribution is 2.18. The molecule has 32 heavy (non-hydrogen) atoms. The van der Waals surface area contributed by atoms with Crippen molar-refractivity contribution in [1.82, 2.24) is 0 Å². The molecule has 1 aromatic rings. The summed E-state index contributed by atoms with van der Waals surface area (Å²) in [6.45, 7) is 3.43. The third-order valence-electron chi connectivity index (χ3n) is 5.85. The third-order valence-corrected chi connectivity index (χ3v) is 5.85. The summed E-state index contributed by atoms with van der Waals surface area (Å²) in [5, 5.41) is 9.47. The van der Waals surface area contributed by atoms with Crippen LogP contribution in [-0.2, 0) is 16.1 Å². The van der Waals surface area contributed by atoms with Crippen molar-refractivity contribution in [3.8, 4) is 5.75 Å². The van der Waals surface area contributed by atoms with Crippen LogP contribution in [0.4, 0.5) is 4.39 Å². The predicted octanol–water partition coefficient (Wildman–Crippen LogP) is 7.21. The second-order valence-corrected chi connectivity index (χ2v) is 8.76. The van der Waals surface area contributed by atoms with Crippen molar-refractivity contribution in [3.05, 3.63) is 29.6 Å². The van der Waals surface area contributed by atoms with E-state index in [0.29, 0.717) is 18.8 Å². The molecule has 0 spiro atoms. The van der Waals surface area contributed by atoms with Crippen LogP contribution in [0.2, 0.25) is 0 Å². The minimum absolute atomic E-state index is 0.114. The quantitative estimate of drug-likeness (QED) is 0.188. The maximum absolute atomic E-state index is 13.7. The van der Waals surface area contributed by atoms with E-state index in [1.54, 1.807) is 12.1 Å². The summed E-state index contributed by atoms with van der Waals surface area (Å²) >= 11 is 0. The molecular formula is C27H47FO4. The van der Waals surface area contributed by atoms with E-state index in [4.69, 9.17) is 14.2 Å². The van der Waals surface area contributed by atoms with E-state index >= 15 is 0 Å². The fraction of sp³-hybridized carbons (Fsp3) is 0.778. The Morgan fingerprint density at radius 3 is 1.91 bits per heavy atom. The van der Waals surface area contributed by atoms with Crippen LogP contribution >= 0.6 is 0 Å². The van der Waals surface area contributed by atoms with Crippen LogP contribution in [0.1, 0.15) is 102 Å². The van der Waals surface area contributed by atoms with E-state index in [2.05, 4.69) is 6.92 Å². The van der Waals surface area contributed by atoms with Gasteiger partial charge in [-0.15, -0.1) is 0 Å². The highest BCUT2D eigenvalue weighted by atomic mass is 19.1. The number of aliphatic hydroxyl groups excluding tert-OH is 1. The van der Waals surface area contributed by atoms with Crippen molar-refractivity contribution in [2.75, 3.05) is 26.9 Å². The molecule has 186 valence electrons. The Kier molecular flexibility index (Phi) is 18.4. The summed E-state index contributed by atoms with van der Waals surface area (Å²) in [7, 11) is 1.44. The number of halogens is 1. The molecule has 0 amide bonds. The number of aliphatic hydroxyl groups is 1. The number of hydrogen-bond acceptors (Lipinski definition) is 4. The maximum Gasteiger partial charge on any atom is 0.165 e. The average Bonchev–Trinajstić information content (AvgIpc) is 2.80. The van der Waals surface area contributed by atoms with Crippen LogP contribution in [-0.4, -0.2) is 38.1 Å². The smallest absolute Gasteiger partial charge is 0.165 e. The first-order valence-corrected chi connectivity index (χ1v) is 12.8. The monoisotopic (exact) mass is 454 g/mol. The van der Waals surface area contributed by atoms with Gasteiger partial charge in [0.2, 0.25) is 0 Å². The molecule has 0 saturated heterocycles. The fourth-order valence-electron chi connectivity index (χ4n) is 3.78. The molecule has 0 aliphatic carbocycles. The summed E-state index contributed by atoms with van der Waals surface area (Å²) in [5.41, 5.74) is 0.703. The lowest BCUT2D eigenvalue weighted by Crippen LogP contribution is -2.24. The lowest BCUT2D eigenvalue weighted by Gasteiger charge is -2.16. The van der Waals surface area contributed by atoms with Crippen molar-refractivity contribution in [3.63, 3.8) is 0 Å². The van der Waals surface area contributed by atoms with E-state index in [1.807, 2.05) is 0 Å². The highest BCUT2D eigenvalue weighted by molar-refractivity contribution is 5.28. The molecule has 0 heterocycles. The molecule has 4 nitrogen and oxygen atoms in total. The van der Waals surface area contributed by atoms with Gasteiger partial charge in [0.25, 0.3) is 0 Å². The zero-order valence-corrected chi connectivity index (χ0v) is 20.6.